The molecule has 204 valence electrons. The highest BCUT2D eigenvalue weighted by Gasteiger charge is 2.31. The molecule has 0 saturated carbocycles. The number of nitrogens with zero attached hydrogens (tertiary/aromatic N) is 5. The van der Waals surface area contributed by atoms with Gasteiger partial charge in [0.05, 0.1) is 24.4 Å². The van der Waals surface area contributed by atoms with Crippen LogP contribution < -0.4 is 16.0 Å². The lowest BCUT2D eigenvalue weighted by Crippen LogP contribution is -2.39. The summed E-state index contributed by atoms with van der Waals surface area (Å²) >= 11 is 6.01. The minimum absolute atomic E-state index is 0.0155. The molecule has 0 fully saturated rings. The highest BCUT2D eigenvalue weighted by molar-refractivity contribution is 6.30. The zero-order chi connectivity index (χ0) is 28.2. The van der Waals surface area contributed by atoms with Gasteiger partial charge in [-0.15, -0.1) is 0 Å². The van der Waals surface area contributed by atoms with Gasteiger partial charge in [0.15, 0.2) is 11.2 Å². The van der Waals surface area contributed by atoms with Gasteiger partial charge in [-0.1, -0.05) is 48.9 Å². The molecule has 0 spiro atoms. The van der Waals surface area contributed by atoms with Crippen LogP contribution >= 0.6 is 11.6 Å². The molecule has 4 aromatic rings. The van der Waals surface area contributed by atoms with Crippen LogP contribution in [0.15, 0.2) is 82.1 Å². The third-order valence-corrected chi connectivity index (χ3v) is 6.12. The molecule has 0 bridgehead atoms. The zero-order valence-electron chi connectivity index (χ0n) is 21.2. The number of hydrogen-bond acceptors (Lipinski definition) is 5. The number of aromatic nitrogens is 5. The standard InChI is InChI=1S/C27H25ClF3N5O3/c1-3-4-7-19(27(29,30)31)13-15-39-25-33-23-22(35(25)16-18-9-11-20(28)12-10-18)24(37)34(2)26(38)36(23)17-21-8-5-6-14-32-21/h4-14H,3,15-17H2,1-2H3/b7-4-,19-13+. The monoisotopic (exact) mass is 559 g/mol. The average Bonchev–Trinajstić information content (AvgIpc) is 3.26. The minimum Gasteiger partial charge on any atom is -0.460 e. The van der Waals surface area contributed by atoms with E-state index in [1.165, 1.54) is 22.3 Å². The Bertz CT molecular complexity index is 1640. The van der Waals surface area contributed by atoms with Gasteiger partial charge in [0.2, 0.25) is 0 Å². The molecule has 0 N–H and O–H groups in total. The minimum atomic E-state index is -4.57. The summed E-state index contributed by atoms with van der Waals surface area (Å²) in [7, 11) is 1.34. The van der Waals surface area contributed by atoms with Crippen LogP contribution in [0.4, 0.5) is 13.2 Å². The quantitative estimate of drug-likeness (QED) is 0.273. The second-order valence-corrected chi connectivity index (χ2v) is 9.05. The first kappa shape index (κ1) is 27.9. The number of pyridine rings is 1. The number of benzene rings is 1. The van der Waals surface area contributed by atoms with Crippen molar-refractivity contribution in [3.63, 3.8) is 0 Å². The fourth-order valence-corrected chi connectivity index (χ4v) is 4.02. The number of imidazole rings is 1. The highest BCUT2D eigenvalue weighted by Crippen LogP contribution is 2.27. The molecular formula is C27H25ClF3N5O3. The van der Waals surface area contributed by atoms with E-state index in [0.717, 1.165) is 22.3 Å². The molecule has 0 aliphatic heterocycles. The van der Waals surface area contributed by atoms with E-state index in [0.29, 0.717) is 17.1 Å². The van der Waals surface area contributed by atoms with E-state index in [1.807, 2.05) is 0 Å². The van der Waals surface area contributed by atoms with Crippen molar-refractivity contribution in [2.24, 2.45) is 7.05 Å². The molecule has 1 aromatic carbocycles. The first-order valence-corrected chi connectivity index (χ1v) is 12.4. The van der Waals surface area contributed by atoms with Gasteiger partial charge >= 0.3 is 11.9 Å². The maximum Gasteiger partial charge on any atom is 0.416 e. The first-order chi connectivity index (χ1) is 18.6. The number of allylic oxidation sites excluding steroid dienone is 3. The predicted molar refractivity (Wildman–Crippen MR) is 142 cm³/mol. The molecule has 39 heavy (non-hydrogen) atoms. The smallest absolute Gasteiger partial charge is 0.416 e. The zero-order valence-corrected chi connectivity index (χ0v) is 21.9. The van der Waals surface area contributed by atoms with Gasteiger partial charge in [0, 0.05) is 18.3 Å². The molecule has 4 rings (SSSR count). The predicted octanol–water partition coefficient (Wildman–Crippen LogP) is 4.88. The van der Waals surface area contributed by atoms with Gasteiger partial charge in [-0.25, -0.2) is 4.79 Å². The van der Waals surface area contributed by atoms with Crippen molar-refractivity contribution >= 4 is 22.8 Å². The van der Waals surface area contributed by atoms with Gasteiger partial charge in [0.25, 0.3) is 11.6 Å². The lowest BCUT2D eigenvalue weighted by Gasteiger charge is -2.11. The van der Waals surface area contributed by atoms with Gasteiger partial charge < -0.3 is 4.74 Å². The van der Waals surface area contributed by atoms with E-state index in [2.05, 4.69) is 9.97 Å². The van der Waals surface area contributed by atoms with Crippen LogP contribution in [0.2, 0.25) is 5.02 Å². The van der Waals surface area contributed by atoms with E-state index in [-0.39, 0.29) is 30.3 Å². The van der Waals surface area contributed by atoms with Crippen molar-refractivity contribution in [1.29, 1.82) is 0 Å². The molecule has 0 saturated heterocycles. The van der Waals surface area contributed by atoms with Crippen molar-refractivity contribution in [1.82, 2.24) is 23.7 Å². The Morgan fingerprint density at radius 1 is 1.08 bits per heavy atom. The average molecular weight is 560 g/mol. The normalized spacial score (nSPS) is 12.5. The Kier molecular flexibility index (Phi) is 8.39. The van der Waals surface area contributed by atoms with Crippen molar-refractivity contribution in [3.05, 3.63) is 110 Å². The Hall–Kier alpha value is -4.12. The maximum absolute atomic E-state index is 13.4. The summed E-state index contributed by atoms with van der Waals surface area (Å²) in [6.45, 7) is 1.36. The third-order valence-electron chi connectivity index (χ3n) is 5.87. The van der Waals surface area contributed by atoms with E-state index in [1.54, 1.807) is 55.6 Å². The number of hydrogen-bond donors (Lipinski definition) is 0. The van der Waals surface area contributed by atoms with Crippen molar-refractivity contribution in [2.45, 2.75) is 32.6 Å². The van der Waals surface area contributed by atoms with Crippen LogP contribution in [-0.4, -0.2) is 36.5 Å². The molecular weight excluding hydrogens is 535 g/mol. The molecule has 0 unspecified atom stereocenters. The molecule has 0 aliphatic carbocycles. The maximum atomic E-state index is 13.4. The number of alkyl halides is 3. The Balaban J connectivity index is 1.86. The Morgan fingerprint density at radius 2 is 1.82 bits per heavy atom. The lowest BCUT2D eigenvalue weighted by molar-refractivity contribution is -0.0886. The van der Waals surface area contributed by atoms with E-state index in [4.69, 9.17) is 16.3 Å². The second kappa shape index (κ2) is 11.7. The van der Waals surface area contributed by atoms with Gasteiger partial charge in [-0.2, -0.15) is 18.2 Å². The largest absolute Gasteiger partial charge is 0.460 e. The molecule has 8 nitrogen and oxygen atoms in total. The van der Waals surface area contributed by atoms with Crippen LogP contribution in [0.25, 0.3) is 11.2 Å². The topological polar surface area (TPSA) is 83.9 Å². The van der Waals surface area contributed by atoms with E-state index in [9.17, 15) is 22.8 Å². The van der Waals surface area contributed by atoms with Crippen LogP contribution in [0.3, 0.4) is 0 Å². The Morgan fingerprint density at radius 3 is 2.46 bits per heavy atom. The van der Waals surface area contributed by atoms with Gasteiger partial charge in [0.1, 0.15) is 6.61 Å². The first-order valence-electron chi connectivity index (χ1n) is 12.0. The van der Waals surface area contributed by atoms with Crippen LogP contribution in [-0.2, 0) is 20.1 Å². The molecule has 0 radical (unpaired) electrons. The SMILES string of the molecule is CC/C=C\C(=C/COc1nc2c(c(=O)n(C)c(=O)n2Cc2ccccn2)n1Cc1ccc(Cl)cc1)C(F)(F)F. The second-order valence-electron chi connectivity index (χ2n) is 8.61. The fraction of sp³-hybridized carbons (Fsp3) is 0.259. The number of fused-ring (bicyclic) bond motifs is 1. The number of rotatable bonds is 9. The summed E-state index contributed by atoms with van der Waals surface area (Å²) in [5, 5.41) is 0.510. The molecule has 3 aromatic heterocycles. The van der Waals surface area contributed by atoms with Crippen molar-refractivity contribution in [2.75, 3.05) is 6.61 Å². The Labute approximate surface area is 226 Å². The molecule has 0 aliphatic rings. The van der Waals surface area contributed by atoms with E-state index < -0.39 is 29.6 Å². The van der Waals surface area contributed by atoms with Gasteiger partial charge in [-0.05, 0) is 42.3 Å². The fourth-order valence-electron chi connectivity index (χ4n) is 3.89. The lowest BCUT2D eigenvalue weighted by atomic mass is 10.2. The van der Waals surface area contributed by atoms with Crippen LogP contribution in [0.5, 0.6) is 6.01 Å². The highest BCUT2D eigenvalue weighted by atomic mass is 35.5. The summed E-state index contributed by atoms with van der Waals surface area (Å²) in [5.41, 5.74) is -0.744. The number of halogens is 4. The summed E-state index contributed by atoms with van der Waals surface area (Å²) in [5.74, 6) is 0. The third kappa shape index (κ3) is 6.31. The summed E-state index contributed by atoms with van der Waals surface area (Å²) in [6, 6.07) is 11.9. The molecule has 0 atom stereocenters. The molecule has 3 heterocycles. The van der Waals surface area contributed by atoms with E-state index >= 15 is 0 Å². The summed E-state index contributed by atoms with van der Waals surface area (Å²) in [4.78, 5) is 35.0. The molecule has 0 amide bonds. The van der Waals surface area contributed by atoms with Gasteiger partial charge in [-0.3, -0.25) is 23.5 Å². The van der Waals surface area contributed by atoms with Crippen LogP contribution in [0, 0.1) is 0 Å². The summed E-state index contributed by atoms with van der Waals surface area (Å²) in [6.07, 6.45) is 0.720. The van der Waals surface area contributed by atoms with Crippen LogP contribution in [0.1, 0.15) is 24.6 Å². The molecule has 12 heteroatoms. The van der Waals surface area contributed by atoms with Crippen molar-refractivity contribution < 1.29 is 17.9 Å². The van der Waals surface area contributed by atoms with Crippen molar-refractivity contribution in [3.8, 4) is 6.01 Å². The summed E-state index contributed by atoms with van der Waals surface area (Å²) < 4.78 is 49.7. The number of ether oxygens (including phenoxy) is 1.